The van der Waals surface area contributed by atoms with Crippen LogP contribution < -0.4 is 5.32 Å². The molecule has 0 saturated carbocycles. The first-order valence-corrected chi connectivity index (χ1v) is 11.5. The fourth-order valence-electron chi connectivity index (χ4n) is 3.18. The number of para-hydroxylation sites is 2. The van der Waals surface area contributed by atoms with Gasteiger partial charge in [0, 0.05) is 34.1 Å². The molecule has 2 aromatic heterocycles. The summed E-state index contributed by atoms with van der Waals surface area (Å²) in [7, 11) is 0. The number of oxazole rings is 1. The summed E-state index contributed by atoms with van der Waals surface area (Å²) in [5, 5.41) is 6.48. The lowest BCUT2D eigenvalue weighted by Crippen LogP contribution is -2.14. The van der Waals surface area contributed by atoms with Crippen molar-refractivity contribution in [1.29, 1.82) is 0 Å². The van der Waals surface area contributed by atoms with Crippen molar-refractivity contribution >= 4 is 45.8 Å². The minimum atomic E-state index is -0.143. The molecule has 0 spiro atoms. The Morgan fingerprint density at radius 2 is 1.81 bits per heavy atom. The van der Waals surface area contributed by atoms with Crippen molar-refractivity contribution in [3.63, 3.8) is 0 Å². The Morgan fingerprint density at radius 3 is 2.61 bits per heavy atom. The van der Waals surface area contributed by atoms with Gasteiger partial charge in [-0.25, -0.2) is 9.97 Å². The Bertz CT molecular complexity index is 1300. The van der Waals surface area contributed by atoms with E-state index in [1.54, 1.807) is 17.5 Å². The van der Waals surface area contributed by atoms with Gasteiger partial charge in [0.25, 0.3) is 11.1 Å². The number of benzene rings is 3. The van der Waals surface area contributed by atoms with Crippen LogP contribution in [-0.2, 0) is 5.75 Å². The molecule has 152 valence electrons. The van der Waals surface area contributed by atoms with Crippen molar-refractivity contribution in [3.05, 3.63) is 95.5 Å². The third-order valence-electron chi connectivity index (χ3n) is 4.71. The monoisotopic (exact) mass is 443 g/mol. The largest absolute Gasteiger partial charge is 0.431 e. The second kappa shape index (κ2) is 8.75. The Kier molecular flexibility index (Phi) is 5.52. The maximum Gasteiger partial charge on any atom is 0.257 e. The van der Waals surface area contributed by atoms with E-state index < -0.39 is 0 Å². The number of thioether (sulfide) groups is 1. The predicted molar refractivity (Wildman–Crippen MR) is 126 cm³/mol. The number of rotatable bonds is 6. The summed E-state index contributed by atoms with van der Waals surface area (Å²) in [6, 6.07) is 23.0. The summed E-state index contributed by atoms with van der Waals surface area (Å²) in [6.07, 6.45) is 1.78. The van der Waals surface area contributed by atoms with E-state index in [4.69, 9.17) is 4.42 Å². The standard InChI is InChI=1S/C24H17N3O2S2/c28-22(26-18-11-9-16(10-12-18)23-25-13-14-30-23)19-6-2-1-5-17(19)15-31-24-27-20-7-3-4-8-21(20)29-24/h1-14H,15H2,(H,26,28). The topological polar surface area (TPSA) is 68.0 Å². The maximum absolute atomic E-state index is 12.9. The van der Waals surface area contributed by atoms with E-state index in [0.717, 1.165) is 32.9 Å². The third kappa shape index (κ3) is 4.38. The lowest BCUT2D eigenvalue weighted by atomic mass is 10.1. The molecule has 7 heteroatoms. The highest BCUT2D eigenvalue weighted by Gasteiger charge is 2.13. The van der Waals surface area contributed by atoms with E-state index in [1.165, 1.54) is 11.8 Å². The molecule has 0 radical (unpaired) electrons. The van der Waals surface area contributed by atoms with Crippen LogP contribution in [0.15, 0.2) is 94.0 Å². The molecule has 3 aromatic carbocycles. The number of carbonyl (C=O) groups excluding carboxylic acids is 1. The van der Waals surface area contributed by atoms with E-state index in [9.17, 15) is 4.79 Å². The fraction of sp³-hybridized carbons (Fsp3) is 0.0417. The molecule has 0 aliphatic carbocycles. The van der Waals surface area contributed by atoms with Crippen LogP contribution in [0.2, 0.25) is 0 Å². The van der Waals surface area contributed by atoms with Gasteiger partial charge in [0.15, 0.2) is 5.58 Å². The minimum absolute atomic E-state index is 0.143. The van der Waals surface area contributed by atoms with E-state index >= 15 is 0 Å². The number of hydrogen-bond acceptors (Lipinski definition) is 6. The quantitative estimate of drug-likeness (QED) is 0.304. The summed E-state index contributed by atoms with van der Waals surface area (Å²) in [5.41, 5.74) is 4.92. The van der Waals surface area contributed by atoms with Gasteiger partial charge in [-0.1, -0.05) is 42.1 Å². The predicted octanol–water partition coefficient (Wildman–Crippen LogP) is 6.50. The zero-order valence-electron chi connectivity index (χ0n) is 16.3. The van der Waals surface area contributed by atoms with Crippen LogP contribution in [0.5, 0.6) is 0 Å². The van der Waals surface area contributed by atoms with Crippen LogP contribution in [0.25, 0.3) is 21.7 Å². The molecule has 0 bridgehead atoms. The number of fused-ring (bicyclic) bond motifs is 1. The van der Waals surface area contributed by atoms with Crippen LogP contribution >= 0.6 is 23.1 Å². The highest BCUT2D eigenvalue weighted by Crippen LogP contribution is 2.28. The van der Waals surface area contributed by atoms with Crippen molar-refractivity contribution in [1.82, 2.24) is 9.97 Å². The first kappa shape index (κ1) is 19.5. The number of hydrogen-bond donors (Lipinski definition) is 1. The Labute approximate surface area is 187 Å². The molecule has 2 heterocycles. The first-order chi connectivity index (χ1) is 15.3. The number of nitrogens with one attached hydrogen (secondary N) is 1. The molecule has 1 amide bonds. The van der Waals surface area contributed by atoms with E-state index in [-0.39, 0.29) is 5.91 Å². The van der Waals surface area contributed by atoms with Gasteiger partial charge in [-0.2, -0.15) is 0 Å². The molecule has 0 aliphatic rings. The van der Waals surface area contributed by atoms with E-state index in [1.807, 2.05) is 78.2 Å². The van der Waals surface area contributed by atoms with Gasteiger partial charge >= 0.3 is 0 Å². The Hall–Kier alpha value is -3.42. The zero-order chi connectivity index (χ0) is 21.0. The third-order valence-corrected chi connectivity index (χ3v) is 6.41. The number of carbonyl (C=O) groups is 1. The molecule has 5 nitrogen and oxygen atoms in total. The van der Waals surface area contributed by atoms with E-state index in [2.05, 4.69) is 15.3 Å². The van der Waals surface area contributed by atoms with Gasteiger partial charge in [-0.05, 0) is 48.0 Å². The highest BCUT2D eigenvalue weighted by molar-refractivity contribution is 7.98. The van der Waals surface area contributed by atoms with Crippen LogP contribution in [0.3, 0.4) is 0 Å². The van der Waals surface area contributed by atoms with Crippen molar-refractivity contribution in [2.75, 3.05) is 5.32 Å². The van der Waals surface area contributed by atoms with Crippen molar-refractivity contribution in [2.45, 2.75) is 11.0 Å². The van der Waals surface area contributed by atoms with Gasteiger partial charge in [0.2, 0.25) is 0 Å². The molecule has 5 rings (SSSR count). The molecule has 0 atom stereocenters. The second-order valence-electron chi connectivity index (χ2n) is 6.76. The van der Waals surface area contributed by atoms with Crippen LogP contribution in [-0.4, -0.2) is 15.9 Å². The molecule has 31 heavy (non-hydrogen) atoms. The minimum Gasteiger partial charge on any atom is -0.431 e. The molecule has 0 fully saturated rings. The second-order valence-corrected chi connectivity index (χ2v) is 8.58. The lowest BCUT2D eigenvalue weighted by molar-refractivity contribution is 0.102. The Balaban J connectivity index is 1.29. The SMILES string of the molecule is O=C(Nc1ccc(-c2nccs2)cc1)c1ccccc1CSc1nc2ccccc2o1. The molecular weight excluding hydrogens is 426 g/mol. The molecular formula is C24H17N3O2S2. The summed E-state index contributed by atoms with van der Waals surface area (Å²) in [5.74, 6) is 0.440. The van der Waals surface area contributed by atoms with Crippen molar-refractivity contribution < 1.29 is 9.21 Å². The van der Waals surface area contributed by atoms with Gasteiger partial charge in [-0.15, -0.1) is 11.3 Å². The number of nitrogens with zero attached hydrogens (tertiary/aromatic N) is 2. The first-order valence-electron chi connectivity index (χ1n) is 9.64. The highest BCUT2D eigenvalue weighted by atomic mass is 32.2. The number of thiazole rings is 1. The number of aromatic nitrogens is 2. The lowest BCUT2D eigenvalue weighted by Gasteiger charge is -2.10. The maximum atomic E-state index is 12.9. The molecule has 1 N–H and O–H groups in total. The zero-order valence-corrected chi connectivity index (χ0v) is 18.0. The summed E-state index contributed by atoms with van der Waals surface area (Å²) < 4.78 is 5.77. The number of amides is 1. The molecule has 0 saturated heterocycles. The van der Waals surface area contributed by atoms with Crippen LogP contribution in [0.1, 0.15) is 15.9 Å². The molecule has 5 aromatic rings. The van der Waals surface area contributed by atoms with Crippen molar-refractivity contribution in [2.24, 2.45) is 0 Å². The molecule has 0 aliphatic heterocycles. The normalized spacial score (nSPS) is 11.0. The Morgan fingerprint density at radius 1 is 1.00 bits per heavy atom. The van der Waals surface area contributed by atoms with Gasteiger partial charge in [-0.3, -0.25) is 4.79 Å². The van der Waals surface area contributed by atoms with E-state index in [0.29, 0.717) is 16.5 Å². The van der Waals surface area contributed by atoms with Gasteiger partial charge < -0.3 is 9.73 Å². The molecule has 0 unspecified atom stereocenters. The van der Waals surface area contributed by atoms with Crippen LogP contribution in [0.4, 0.5) is 5.69 Å². The van der Waals surface area contributed by atoms with Crippen molar-refractivity contribution in [3.8, 4) is 10.6 Å². The van der Waals surface area contributed by atoms with Gasteiger partial charge in [0.1, 0.15) is 10.5 Å². The average Bonchev–Trinajstić information content (AvgIpc) is 3.48. The average molecular weight is 444 g/mol. The summed E-state index contributed by atoms with van der Waals surface area (Å²) >= 11 is 3.06. The fourth-order valence-corrected chi connectivity index (χ4v) is 4.67. The summed E-state index contributed by atoms with van der Waals surface area (Å²) in [4.78, 5) is 21.7. The number of anilines is 1. The van der Waals surface area contributed by atoms with Gasteiger partial charge in [0.05, 0.1) is 0 Å². The summed E-state index contributed by atoms with van der Waals surface area (Å²) in [6.45, 7) is 0. The van der Waals surface area contributed by atoms with Crippen LogP contribution in [0, 0.1) is 0 Å². The smallest absolute Gasteiger partial charge is 0.257 e.